The van der Waals surface area contributed by atoms with Crippen molar-refractivity contribution in [1.29, 1.82) is 0 Å². The first kappa shape index (κ1) is 10.6. The molecule has 75 valence electrons. The maximum atomic E-state index is 11.3. The van der Waals surface area contributed by atoms with Crippen molar-refractivity contribution >= 4 is 5.97 Å². The standard InChI is InChI=1S/C11H13O3/c1-8(2)14-10-7-5-4-6-9(10)11(12)13-3/h5-8H,1-3H3. The molecule has 0 heterocycles. The van der Waals surface area contributed by atoms with Crippen LogP contribution in [0.4, 0.5) is 0 Å². The Balaban J connectivity index is 2.97. The zero-order chi connectivity index (χ0) is 10.6. The van der Waals surface area contributed by atoms with E-state index in [1.54, 1.807) is 18.2 Å². The normalized spacial score (nSPS) is 10.0. The third-order valence-corrected chi connectivity index (χ3v) is 1.59. The summed E-state index contributed by atoms with van der Waals surface area (Å²) in [6.07, 6.45) is 0.0285. The van der Waals surface area contributed by atoms with Crippen LogP contribution in [0, 0.1) is 6.07 Å². The maximum absolute atomic E-state index is 11.3. The molecule has 0 atom stereocenters. The molecule has 0 aliphatic heterocycles. The van der Waals surface area contributed by atoms with E-state index in [2.05, 4.69) is 10.8 Å². The Morgan fingerprint density at radius 1 is 1.50 bits per heavy atom. The number of ether oxygens (including phenoxy) is 2. The summed E-state index contributed by atoms with van der Waals surface area (Å²) >= 11 is 0. The minimum Gasteiger partial charge on any atom is -0.490 e. The van der Waals surface area contributed by atoms with Crippen LogP contribution in [-0.2, 0) is 4.74 Å². The molecule has 0 fully saturated rings. The molecule has 3 nitrogen and oxygen atoms in total. The molecule has 0 aromatic heterocycles. The van der Waals surface area contributed by atoms with Gasteiger partial charge in [-0.3, -0.25) is 0 Å². The van der Waals surface area contributed by atoms with Crippen LogP contribution in [0.5, 0.6) is 5.75 Å². The SMILES string of the molecule is COC(=O)c1c[c]ccc1OC(C)C. The van der Waals surface area contributed by atoms with Crippen LogP contribution in [0.1, 0.15) is 24.2 Å². The van der Waals surface area contributed by atoms with E-state index < -0.39 is 5.97 Å². The lowest BCUT2D eigenvalue weighted by Crippen LogP contribution is -2.10. The molecule has 1 aromatic carbocycles. The van der Waals surface area contributed by atoms with E-state index in [1.807, 2.05) is 13.8 Å². The molecular weight excluding hydrogens is 180 g/mol. The Kier molecular flexibility index (Phi) is 3.51. The molecule has 0 aliphatic rings. The number of carbonyl (C=O) groups is 1. The second-order valence-electron chi connectivity index (χ2n) is 3.08. The molecular formula is C11H13O3. The molecule has 0 saturated carbocycles. The Bertz CT molecular complexity index is 318. The lowest BCUT2D eigenvalue weighted by molar-refractivity contribution is 0.0594. The number of hydrogen-bond donors (Lipinski definition) is 0. The van der Waals surface area contributed by atoms with E-state index in [0.29, 0.717) is 11.3 Å². The van der Waals surface area contributed by atoms with Crippen LogP contribution in [0.2, 0.25) is 0 Å². The van der Waals surface area contributed by atoms with Gasteiger partial charge in [-0.05, 0) is 32.0 Å². The summed E-state index contributed by atoms with van der Waals surface area (Å²) in [5.41, 5.74) is 0.406. The highest BCUT2D eigenvalue weighted by Crippen LogP contribution is 2.19. The second-order valence-corrected chi connectivity index (χ2v) is 3.08. The maximum Gasteiger partial charge on any atom is 0.341 e. The summed E-state index contributed by atoms with van der Waals surface area (Å²) in [4.78, 5) is 11.3. The summed E-state index contributed by atoms with van der Waals surface area (Å²) in [5, 5.41) is 0. The van der Waals surface area contributed by atoms with Gasteiger partial charge in [0, 0.05) is 0 Å². The molecule has 1 rings (SSSR count). The molecule has 1 aromatic rings. The Morgan fingerprint density at radius 2 is 2.21 bits per heavy atom. The van der Waals surface area contributed by atoms with Crippen LogP contribution in [0.15, 0.2) is 18.2 Å². The predicted octanol–water partition coefficient (Wildman–Crippen LogP) is 2.06. The van der Waals surface area contributed by atoms with E-state index >= 15 is 0 Å². The molecule has 1 radical (unpaired) electrons. The van der Waals surface area contributed by atoms with Crippen LogP contribution >= 0.6 is 0 Å². The van der Waals surface area contributed by atoms with Gasteiger partial charge in [0.25, 0.3) is 0 Å². The zero-order valence-electron chi connectivity index (χ0n) is 8.53. The van der Waals surface area contributed by atoms with E-state index in [-0.39, 0.29) is 6.10 Å². The lowest BCUT2D eigenvalue weighted by atomic mass is 10.2. The third kappa shape index (κ3) is 2.49. The molecule has 0 bridgehead atoms. The Morgan fingerprint density at radius 3 is 2.79 bits per heavy atom. The van der Waals surface area contributed by atoms with Crippen molar-refractivity contribution in [2.24, 2.45) is 0 Å². The highest BCUT2D eigenvalue weighted by molar-refractivity contribution is 5.92. The summed E-state index contributed by atoms with van der Waals surface area (Å²) in [5.74, 6) is 0.128. The Labute approximate surface area is 83.6 Å². The largest absolute Gasteiger partial charge is 0.490 e. The van der Waals surface area contributed by atoms with Crippen molar-refractivity contribution in [2.45, 2.75) is 20.0 Å². The van der Waals surface area contributed by atoms with Crippen molar-refractivity contribution < 1.29 is 14.3 Å². The van der Waals surface area contributed by atoms with Crippen LogP contribution in [0.3, 0.4) is 0 Å². The molecule has 0 amide bonds. The number of carbonyl (C=O) groups excluding carboxylic acids is 1. The topological polar surface area (TPSA) is 35.5 Å². The number of methoxy groups -OCH3 is 1. The summed E-state index contributed by atoms with van der Waals surface area (Å²) in [6.45, 7) is 3.80. The molecule has 0 aliphatic carbocycles. The number of hydrogen-bond acceptors (Lipinski definition) is 3. The minimum absolute atomic E-state index is 0.0285. The smallest absolute Gasteiger partial charge is 0.341 e. The fourth-order valence-corrected chi connectivity index (χ4v) is 1.04. The first-order valence-corrected chi connectivity index (χ1v) is 4.40. The quantitative estimate of drug-likeness (QED) is 0.689. The first-order valence-electron chi connectivity index (χ1n) is 4.40. The van der Waals surface area contributed by atoms with Gasteiger partial charge in [0.2, 0.25) is 0 Å². The van der Waals surface area contributed by atoms with Gasteiger partial charge in [0.15, 0.2) is 0 Å². The molecule has 0 N–H and O–H groups in total. The average Bonchev–Trinajstić information content (AvgIpc) is 2.16. The van der Waals surface area contributed by atoms with Crippen molar-refractivity contribution in [1.82, 2.24) is 0 Å². The molecule has 0 unspecified atom stereocenters. The van der Waals surface area contributed by atoms with Gasteiger partial charge in [-0.25, -0.2) is 4.79 Å². The lowest BCUT2D eigenvalue weighted by Gasteiger charge is -2.12. The Hall–Kier alpha value is -1.51. The highest BCUT2D eigenvalue weighted by Gasteiger charge is 2.12. The zero-order valence-corrected chi connectivity index (χ0v) is 8.53. The van der Waals surface area contributed by atoms with Crippen molar-refractivity contribution in [3.05, 3.63) is 29.8 Å². The summed E-state index contributed by atoms with van der Waals surface area (Å²) in [6, 6.07) is 7.77. The number of esters is 1. The predicted molar refractivity (Wildman–Crippen MR) is 52.4 cm³/mol. The van der Waals surface area contributed by atoms with Gasteiger partial charge >= 0.3 is 5.97 Å². The number of benzene rings is 1. The van der Waals surface area contributed by atoms with Crippen LogP contribution in [-0.4, -0.2) is 19.2 Å². The van der Waals surface area contributed by atoms with Gasteiger partial charge in [-0.1, -0.05) is 6.07 Å². The fourth-order valence-electron chi connectivity index (χ4n) is 1.04. The van der Waals surface area contributed by atoms with Gasteiger partial charge < -0.3 is 9.47 Å². The third-order valence-electron chi connectivity index (χ3n) is 1.59. The monoisotopic (exact) mass is 193 g/mol. The van der Waals surface area contributed by atoms with Gasteiger partial charge in [0.1, 0.15) is 11.3 Å². The van der Waals surface area contributed by atoms with E-state index in [0.717, 1.165) is 0 Å². The fraction of sp³-hybridized carbons (Fsp3) is 0.364. The average molecular weight is 193 g/mol. The first-order chi connectivity index (χ1) is 6.65. The van der Waals surface area contributed by atoms with Crippen LogP contribution in [0.25, 0.3) is 0 Å². The summed E-state index contributed by atoms with van der Waals surface area (Å²) in [7, 11) is 1.34. The number of rotatable bonds is 3. The van der Waals surface area contributed by atoms with Crippen molar-refractivity contribution in [3.8, 4) is 5.75 Å². The highest BCUT2D eigenvalue weighted by atomic mass is 16.5. The van der Waals surface area contributed by atoms with Crippen LogP contribution < -0.4 is 4.74 Å². The van der Waals surface area contributed by atoms with Crippen molar-refractivity contribution in [3.63, 3.8) is 0 Å². The van der Waals surface area contributed by atoms with Crippen molar-refractivity contribution in [2.75, 3.05) is 7.11 Å². The molecule has 0 saturated heterocycles. The van der Waals surface area contributed by atoms with Gasteiger partial charge in [-0.15, -0.1) is 0 Å². The molecule has 3 heteroatoms. The van der Waals surface area contributed by atoms with Gasteiger partial charge in [0.05, 0.1) is 13.2 Å². The molecule has 0 spiro atoms. The summed E-state index contributed by atoms with van der Waals surface area (Å²) < 4.78 is 10.1. The van der Waals surface area contributed by atoms with E-state index in [1.165, 1.54) is 7.11 Å². The van der Waals surface area contributed by atoms with E-state index in [9.17, 15) is 4.79 Å². The molecule has 14 heavy (non-hydrogen) atoms. The minimum atomic E-state index is -0.405. The van der Waals surface area contributed by atoms with E-state index in [4.69, 9.17) is 4.74 Å². The van der Waals surface area contributed by atoms with Gasteiger partial charge in [-0.2, -0.15) is 0 Å². The second kappa shape index (κ2) is 4.65.